The zero-order valence-electron chi connectivity index (χ0n) is 17.0. The normalized spacial score (nSPS) is 10.8. The van der Waals surface area contributed by atoms with Crippen LogP contribution >= 0.6 is 0 Å². The highest BCUT2D eigenvalue weighted by Crippen LogP contribution is 2.23. The largest absolute Gasteiger partial charge is 0.481 e. The number of benzene rings is 2. The number of rotatable bonds is 11. The third-order valence-corrected chi connectivity index (χ3v) is 4.74. The number of carboxylic acid groups (broad SMARTS) is 1. The zero-order valence-corrected chi connectivity index (χ0v) is 17.0. The Bertz CT molecular complexity index is 1090. The Morgan fingerprint density at radius 3 is 2.58 bits per heavy atom. The van der Waals surface area contributed by atoms with Crippen LogP contribution in [0.3, 0.4) is 0 Å². The van der Waals surface area contributed by atoms with Gasteiger partial charge in [0.25, 0.3) is 0 Å². The molecule has 3 aromatic rings. The number of furan rings is 1. The van der Waals surface area contributed by atoms with Gasteiger partial charge in [-0.05, 0) is 60.5 Å². The number of nitrogen functional groups attached to an aromatic ring is 1. The average Bonchev–Trinajstić information content (AvgIpc) is 3.21. The Morgan fingerprint density at radius 2 is 1.81 bits per heavy atom. The molecule has 0 fully saturated rings. The number of ether oxygens (including phenoxy) is 1. The van der Waals surface area contributed by atoms with Crippen molar-refractivity contribution in [1.82, 2.24) is 5.32 Å². The maximum Gasteiger partial charge on any atom is 0.379 e. The number of carbonyl (C=O) groups excluding carboxylic acids is 1. The Hall–Kier alpha value is -3.65. The second-order valence-electron chi connectivity index (χ2n) is 7.17. The second kappa shape index (κ2) is 10.4. The minimum Gasteiger partial charge on any atom is -0.481 e. The summed E-state index contributed by atoms with van der Waals surface area (Å²) in [4.78, 5) is 22.8. The van der Waals surface area contributed by atoms with Crippen LogP contribution in [0.2, 0.25) is 0 Å². The molecule has 31 heavy (non-hydrogen) atoms. The summed E-state index contributed by atoms with van der Waals surface area (Å²) in [6.45, 7) is 1.21. The van der Waals surface area contributed by atoms with Crippen LogP contribution in [0.5, 0.6) is 5.75 Å². The Balaban J connectivity index is 1.49. The number of unbranched alkanes of at least 4 members (excludes halogenated alkanes) is 2. The van der Waals surface area contributed by atoms with E-state index in [1.807, 2.05) is 6.07 Å². The number of carbonyl (C=O) groups is 2. The fourth-order valence-corrected chi connectivity index (χ4v) is 3.11. The Labute approximate surface area is 179 Å². The Morgan fingerprint density at radius 1 is 1.03 bits per heavy atom. The van der Waals surface area contributed by atoms with Crippen molar-refractivity contribution < 1.29 is 23.8 Å². The van der Waals surface area contributed by atoms with E-state index in [0.717, 1.165) is 30.2 Å². The number of amidine groups is 1. The number of nitrogens with two attached hydrogens (primary N) is 1. The van der Waals surface area contributed by atoms with E-state index in [-0.39, 0.29) is 18.0 Å². The summed E-state index contributed by atoms with van der Waals surface area (Å²) < 4.78 is 11.0. The van der Waals surface area contributed by atoms with Crippen molar-refractivity contribution in [2.75, 3.05) is 6.54 Å². The molecule has 8 heteroatoms. The van der Waals surface area contributed by atoms with E-state index in [4.69, 9.17) is 25.4 Å². The van der Waals surface area contributed by atoms with Gasteiger partial charge in [-0.25, -0.2) is 4.79 Å². The molecule has 2 aromatic carbocycles. The average molecular weight is 423 g/mol. The van der Waals surface area contributed by atoms with Gasteiger partial charge in [0.05, 0.1) is 6.54 Å². The number of carboxylic acids is 1. The first-order valence-corrected chi connectivity index (χ1v) is 10.0. The van der Waals surface area contributed by atoms with E-state index >= 15 is 0 Å². The first-order valence-electron chi connectivity index (χ1n) is 10.0. The van der Waals surface area contributed by atoms with E-state index in [2.05, 4.69) is 5.32 Å². The molecule has 1 aromatic heterocycles. The quantitative estimate of drug-likeness (QED) is 0.121. The Kier molecular flexibility index (Phi) is 7.40. The summed E-state index contributed by atoms with van der Waals surface area (Å²) in [7, 11) is 0. The molecule has 0 bridgehead atoms. The van der Waals surface area contributed by atoms with Crippen molar-refractivity contribution in [3.05, 3.63) is 65.6 Å². The number of hydrogen-bond acceptors (Lipinski definition) is 6. The summed E-state index contributed by atoms with van der Waals surface area (Å²) >= 11 is 0. The summed E-state index contributed by atoms with van der Waals surface area (Å²) in [6, 6.07) is 13.9. The van der Waals surface area contributed by atoms with Gasteiger partial charge in [0.2, 0.25) is 5.76 Å². The molecule has 162 valence electrons. The molecular weight excluding hydrogens is 398 g/mol. The molecule has 8 nitrogen and oxygen atoms in total. The van der Waals surface area contributed by atoms with Gasteiger partial charge in [-0.1, -0.05) is 24.6 Å². The molecule has 0 amide bonds. The van der Waals surface area contributed by atoms with Crippen LogP contribution in [0.25, 0.3) is 10.8 Å². The van der Waals surface area contributed by atoms with Gasteiger partial charge < -0.3 is 25.3 Å². The molecule has 0 unspecified atom stereocenters. The van der Waals surface area contributed by atoms with Gasteiger partial charge >= 0.3 is 11.9 Å². The standard InChI is InChI=1S/C23H25N3O5/c24-22(25)17-6-5-16-13-18(8-7-15(16)12-17)31-23(29)20-10-9-19(30-20)14-26-11-3-1-2-4-21(27)28/h5-10,12-13,26H,1-4,11,14H2,(H3,24,25)(H,27,28). The van der Waals surface area contributed by atoms with E-state index in [9.17, 15) is 9.59 Å². The van der Waals surface area contributed by atoms with Gasteiger partial charge in [0.15, 0.2) is 0 Å². The molecule has 0 aliphatic rings. The van der Waals surface area contributed by atoms with Crippen molar-refractivity contribution in [3.8, 4) is 5.75 Å². The van der Waals surface area contributed by atoms with Crippen molar-refractivity contribution in [3.63, 3.8) is 0 Å². The highest BCUT2D eigenvalue weighted by molar-refractivity contribution is 5.99. The molecular formula is C23H25N3O5. The van der Waals surface area contributed by atoms with E-state index < -0.39 is 11.9 Å². The maximum absolute atomic E-state index is 12.4. The molecule has 3 rings (SSSR count). The minimum atomic E-state index is -0.770. The van der Waals surface area contributed by atoms with Crippen LogP contribution < -0.4 is 15.8 Å². The van der Waals surface area contributed by atoms with Gasteiger partial charge in [0.1, 0.15) is 17.3 Å². The first-order chi connectivity index (χ1) is 14.9. The van der Waals surface area contributed by atoms with Crippen molar-refractivity contribution >= 4 is 28.5 Å². The van der Waals surface area contributed by atoms with Crippen LogP contribution in [0.15, 0.2) is 52.9 Å². The molecule has 0 saturated heterocycles. The number of fused-ring (bicyclic) bond motifs is 1. The molecule has 0 saturated carbocycles. The molecule has 0 aliphatic heterocycles. The van der Waals surface area contributed by atoms with Crippen molar-refractivity contribution in [1.29, 1.82) is 5.41 Å². The fraction of sp³-hybridized carbons (Fsp3) is 0.261. The SMILES string of the molecule is N=C(N)c1ccc2cc(OC(=O)c3ccc(CNCCCCCC(=O)O)o3)ccc2c1. The van der Waals surface area contributed by atoms with Crippen LogP contribution in [-0.4, -0.2) is 29.4 Å². The summed E-state index contributed by atoms with van der Waals surface area (Å²) in [5.74, 6) is -0.226. The van der Waals surface area contributed by atoms with Gasteiger partial charge in [-0.2, -0.15) is 0 Å². The van der Waals surface area contributed by atoms with Gasteiger partial charge in [-0.3, -0.25) is 10.2 Å². The van der Waals surface area contributed by atoms with E-state index in [1.165, 1.54) is 0 Å². The highest BCUT2D eigenvalue weighted by Gasteiger charge is 2.14. The number of esters is 1. The lowest BCUT2D eigenvalue weighted by Gasteiger charge is -2.06. The van der Waals surface area contributed by atoms with Crippen molar-refractivity contribution in [2.24, 2.45) is 5.73 Å². The molecule has 0 atom stereocenters. The summed E-state index contributed by atoms with van der Waals surface area (Å²) in [5, 5.41) is 21.1. The third kappa shape index (κ3) is 6.42. The first kappa shape index (κ1) is 22.0. The zero-order chi connectivity index (χ0) is 22.2. The lowest BCUT2D eigenvalue weighted by Crippen LogP contribution is -2.14. The molecule has 5 N–H and O–H groups in total. The predicted octanol–water partition coefficient (Wildman–Crippen LogP) is 3.67. The molecule has 0 radical (unpaired) electrons. The van der Waals surface area contributed by atoms with E-state index in [0.29, 0.717) is 30.0 Å². The van der Waals surface area contributed by atoms with Crippen LogP contribution in [0, 0.1) is 5.41 Å². The van der Waals surface area contributed by atoms with Crippen molar-refractivity contribution in [2.45, 2.75) is 32.2 Å². The third-order valence-electron chi connectivity index (χ3n) is 4.74. The lowest BCUT2D eigenvalue weighted by molar-refractivity contribution is -0.137. The van der Waals surface area contributed by atoms with Crippen LogP contribution in [0.1, 0.15) is 47.6 Å². The fourth-order valence-electron chi connectivity index (χ4n) is 3.11. The molecule has 1 heterocycles. The maximum atomic E-state index is 12.4. The van der Waals surface area contributed by atoms with Crippen LogP contribution in [0.4, 0.5) is 0 Å². The molecule has 0 aliphatic carbocycles. The monoisotopic (exact) mass is 423 g/mol. The number of hydrogen-bond donors (Lipinski definition) is 4. The highest BCUT2D eigenvalue weighted by atomic mass is 16.5. The number of aliphatic carboxylic acids is 1. The lowest BCUT2D eigenvalue weighted by atomic mass is 10.1. The minimum absolute atomic E-state index is 0.00120. The topological polar surface area (TPSA) is 139 Å². The van der Waals surface area contributed by atoms with Gasteiger partial charge in [0, 0.05) is 12.0 Å². The summed E-state index contributed by atoms with van der Waals surface area (Å²) in [5.41, 5.74) is 6.15. The van der Waals surface area contributed by atoms with Gasteiger partial charge in [-0.15, -0.1) is 0 Å². The molecule has 0 spiro atoms. The smallest absolute Gasteiger partial charge is 0.379 e. The predicted molar refractivity (Wildman–Crippen MR) is 116 cm³/mol. The number of nitrogens with one attached hydrogen (secondary N) is 2. The van der Waals surface area contributed by atoms with Crippen LogP contribution in [-0.2, 0) is 11.3 Å². The second-order valence-corrected chi connectivity index (χ2v) is 7.17. The van der Waals surface area contributed by atoms with E-state index in [1.54, 1.807) is 42.5 Å². The summed E-state index contributed by atoms with van der Waals surface area (Å²) in [6.07, 6.45) is 2.58.